The Morgan fingerprint density at radius 3 is 2.55 bits per heavy atom. The number of halogens is 1. The Labute approximate surface area is 182 Å². The number of rotatable bonds is 7. The molecule has 0 aromatic heterocycles. The summed E-state index contributed by atoms with van der Waals surface area (Å²) in [5.41, 5.74) is 0.744. The fourth-order valence-corrected chi connectivity index (χ4v) is 3.84. The number of phenolic OH excluding ortho intramolecular Hbond substituents is 1. The maximum Gasteiger partial charge on any atom is 0.293 e. The van der Waals surface area contributed by atoms with E-state index in [2.05, 4.69) is 0 Å². The van der Waals surface area contributed by atoms with Crippen molar-refractivity contribution in [3.05, 3.63) is 70.4 Å². The molecular weight excluding hydrogens is 423 g/mol. The molecule has 1 fully saturated rings. The zero-order valence-corrected chi connectivity index (χ0v) is 17.5. The number of hydrogen-bond donors (Lipinski definition) is 2. The molecule has 162 valence electrons. The molecule has 2 aromatic carbocycles. The molecule has 1 heterocycles. The van der Waals surface area contributed by atoms with Crippen LogP contribution in [0, 0.1) is 5.82 Å². The van der Waals surface area contributed by atoms with Gasteiger partial charge in [0, 0.05) is 25.6 Å². The Morgan fingerprint density at radius 2 is 1.87 bits per heavy atom. The summed E-state index contributed by atoms with van der Waals surface area (Å²) in [6.07, 6.45) is 0.266. The van der Waals surface area contributed by atoms with Crippen LogP contribution in [0.1, 0.15) is 23.7 Å². The summed E-state index contributed by atoms with van der Waals surface area (Å²) in [6.45, 7) is -0.101. The zero-order valence-electron chi connectivity index (χ0n) is 16.7. The van der Waals surface area contributed by atoms with E-state index in [0.29, 0.717) is 17.3 Å². The fourth-order valence-electron chi connectivity index (χ4n) is 2.99. The first-order valence-corrected chi connectivity index (χ1v) is 10.3. The van der Waals surface area contributed by atoms with Gasteiger partial charge in [-0.05, 0) is 41.6 Å². The SMILES string of the molecule is CN(CC(O)c1ccc(O)cc1)C(=O)CCN1C(=O)SC(=Cc2ccccc2F)C1=O. The maximum absolute atomic E-state index is 13.8. The van der Waals surface area contributed by atoms with Gasteiger partial charge in [0.15, 0.2) is 0 Å². The molecule has 0 radical (unpaired) electrons. The number of carbonyl (C=O) groups excluding carboxylic acids is 3. The molecule has 9 heteroatoms. The van der Waals surface area contributed by atoms with Crippen LogP contribution in [0.3, 0.4) is 0 Å². The summed E-state index contributed by atoms with van der Waals surface area (Å²) in [5, 5.41) is 19.0. The summed E-state index contributed by atoms with van der Waals surface area (Å²) in [7, 11) is 1.51. The Hall–Kier alpha value is -3.17. The number of carbonyl (C=O) groups is 3. The van der Waals surface area contributed by atoms with Crippen molar-refractivity contribution in [2.75, 3.05) is 20.1 Å². The first kappa shape index (κ1) is 22.5. The number of thioether (sulfide) groups is 1. The van der Waals surface area contributed by atoms with Crippen LogP contribution in [0.5, 0.6) is 5.75 Å². The van der Waals surface area contributed by atoms with E-state index in [1.807, 2.05) is 0 Å². The molecule has 0 bridgehead atoms. The second-order valence-corrected chi connectivity index (χ2v) is 7.98. The van der Waals surface area contributed by atoms with E-state index < -0.39 is 23.1 Å². The van der Waals surface area contributed by atoms with Gasteiger partial charge in [-0.2, -0.15) is 0 Å². The highest BCUT2D eigenvalue weighted by Crippen LogP contribution is 2.32. The van der Waals surface area contributed by atoms with Crippen LogP contribution in [0.25, 0.3) is 6.08 Å². The highest BCUT2D eigenvalue weighted by molar-refractivity contribution is 8.18. The normalized spacial score (nSPS) is 16.1. The summed E-state index contributed by atoms with van der Waals surface area (Å²) >= 11 is 0.701. The van der Waals surface area contributed by atoms with Crippen LogP contribution >= 0.6 is 11.8 Å². The van der Waals surface area contributed by atoms with Gasteiger partial charge < -0.3 is 15.1 Å². The van der Waals surface area contributed by atoms with Gasteiger partial charge in [-0.15, -0.1) is 0 Å². The van der Waals surface area contributed by atoms with Gasteiger partial charge in [0.05, 0.1) is 17.6 Å². The van der Waals surface area contributed by atoms with Crippen molar-refractivity contribution in [1.82, 2.24) is 9.80 Å². The number of hydrogen-bond acceptors (Lipinski definition) is 6. The Bertz CT molecular complexity index is 1020. The van der Waals surface area contributed by atoms with Crippen LogP contribution in [-0.4, -0.2) is 57.2 Å². The number of aromatic hydroxyl groups is 1. The minimum absolute atomic E-state index is 0.0126. The number of likely N-dealkylation sites (N-methyl/N-ethyl adjacent to an activating group) is 1. The molecular formula is C22H21FN2O5S. The Balaban J connectivity index is 1.57. The van der Waals surface area contributed by atoms with Crippen molar-refractivity contribution in [3.8, 4) is 5.75 Å². The third kappa shape index (κ3) is 5.50. The van der Waals surface area contributed by atoms with Crippen LogP contribution in [0.4, 0.5) is 9.18 Å². The lowest BCUT2D eigenvalue weighted by molar-refractivity contribution is -0.131. The summed E-state index contributed by atoms with van der Waals surface area (Å²) < 4.78 is 13.8. The van der Waals surface area contributed by atoms with Crippen molar-refractivity contribution in [2.24, 2.45) is 0 Å². The monoisotopic (exact) mass is 444 g/mol. The highest BCUT2D eigenvalue weighted by Gasteiger charge is 2.35. The number of aliphatic hydroxyl groups is 1. The van der Waals surface area contributed by atoms with Crippen LogP contribution < -0.4 is 0 Å². The van der Waals surface area contributed by atoms with Gasteiger partial charge in [0.1, 0.15) is 11.6 Å². The third-order valence-corrected chi connectivity index (χ3v) is 5.67. The molecule has 0 spiro atoms. The standard InChI is InChI=1S/C22H21FN2O5S/c1-24(13-18(27)14-6-8-16(26)9-7-14)20(28)10-11-25-21(29)19(31-22(25)30)12-15-4-2-3-5-17(15)23/h2-9,12,18,26-27H,10-11,13H2,1H3. The van der Waals surface area contributed by atoms with E-state index >= 15 is 0 Å². The Morgan fingerprint density at radius 1 is 1.19 bits per heavy atom. The molecule has 3 rings (SSSR count). The number of phenols is 1. The predicted molar refractivity (Wildman–Crippen MR) is 114 cm³/mol. The molecule has 1 saturated heterocycles. The van der Waals surface area contributed by atoms with E-state index in [0.717, 1.165) is 4.90 Å². The summed E-state index contributed by atoms with van der Waals surface area (Å²) in [4.78, 5) is 39.5. The van der Waals surface area contributed by atoms with E-state index in [1.54, 1.807) is 18.2 Å². The highest BCUT2D eigenvalue weighted by atomic mass is 32.2. The number of amides is 3. The minimum atomic E-state index is -0.949. The van der Waals surface area contributed by atoms with Crippen LogP contribution in [-0.2, 0) is 9.59 Å². The van der Waals surface area contributed by atoms with Gasteiger partial charge >= 0.3 is 0 Å². The van der Waals surface area contributed by atoms with Crippen molar-refractivity contribution >= 4 is 34.9 Å². The number of nitrogens with zero attached hydrogens (tertiary/aromatic N) is 2. The largest absolute Gasteiger partial charge is 0.508 e. The van der Waals surface area contributed by atoms with E-state index in [1.165, 1.54) is 48.4 Å². The predicted octanol–water partition coefficient (Wildman–Crippen LogP) is 3.15. The number of imide groups is 1. The summed E-state index contributed by atoms with van der Waals surface area (Å²) in [6, 6.07) is 11.9. The first-order chi connectivity index (χ1) is 14.8. The minimum Gasteiger partial charge on any atom is -0.508 e. The van der Waals surface area contributed by atoms with Gasteiger partial charge in [0.2, 0.25) is 5.91 Å². The van der Waals surface area contributed by atoms with Crippen molar-refractivity contribution in [1.29, 1.82) is 0 Å². The smallest absolute Gasteiger partial charge is 0.293 e. The van der Waals surface area contributed by atoms with Gasteiger partial charge in [0.25, 0.3) is 11.1 Å². The van der Waals surface area contributed by atoms with Crippen molar-refractivity contribution in [3.63, 3.8) is 0 Å². The van der Waals surface area contributed by atoms with Gasteiger partial charge in [-0.1, -0.05) is 30.3 Å². The Kier molecular flexibility index (Phi) is 7.09. The van der Waals surface area contributed by atoms with Crippen LogP contribution in [0.15, 0.2) is 53.4 Å². The second kappa shape index (κ2) is 9.76. The molecule has 0 aliphatic carbocycles. The first-order valence-electron chi connectivity index (χ1n) is 9.47. The molecule has 0 saturated carbocycles. The molecule has 31 heavy (non-hydrogen) atoms. The zero-order chi connectivity index (χ0) is 22.5. The lowest BCUT2D eigenvalue weighted by atomic mass is 10.1. The topological polar surface area (TPSA) is 98.2 Å². The van der Waals surface area contributed by atoms with E-state index in [4.69, 9.17) is 0 Å². The number of benzene rings is 2. The molecule has 1 atom stereocenters. The molecule has 1 unspecified atom stereocenters. The fraction of sp³-hybridized carbons (Fsp3) is 0.227. The molecule has 3 amide bonds. The lowest BCUT2D eigenvalue weighted by Gasteiger charge is -2.22. The molecule has 2 N–H and O–H groups in total. The molecule has 2 aromatic rings. The van der Waals surface area contributed by atoms with E-state index in [9.17, 15) is 29.0 Å². The summed E-state index contributed by atoms with van der Waals surface area (Å²) in [5.74, 6) is -1.35. The second-order valence-electron chi connectivity index (χ2n) is 6.99. The number of aliphatic hydroxyl groups excluding tert-OH is 1. The lowest BCUT2D eigenvalue weighted by Crippen LogP contribution is -2.36. The van der Waals surface area contributed by atoms with Crippen molar-refractivity contribution < 1.29 is 29.0 Å². The van der Waals surface area contributed by atoms with E-state index in [-0.39, 0.29) is 41.6 Å². The molecule has 1 aliphatic rings. The average molecular weight is 444 g/mol. The van der Waals surface area contributed by atoms with Gasteiger partial charge in [-0.3, -0.25) is 19.3 Å². The molecule has 1 aliphatic heterocycles. The maximum atomic E-state index is 13.8. The third-order valence-electron chi connectivity index (χ3n) is 4.77. The van der Waals surface area contributed by atoms with Crippen molar-refractivity contribution in [2.45, 2.75) is 12.5 Å². The molecule has 7 nitrogen and oxygen atoms in total. The van der Waals surface area contributed by atoms with Crippen LogP contribution in [0.2, 0.25) is 0 Å². The van der Waals surface area contributed by atoms with Gasteiger partial charge in [-0.25, -0.2) is 4.39 Å². The quantitative estimate of drug-likeness (QED) is 0.637. The average Bonchev–Trinajstić information content (AvgIpc) is 3.00.